The van der Waals surface area contributed by atoms with Crippen LogP contribution in [0.5, 0.6) is 0 Å². The summed E-state index contributed by atoms with van der Waals surface area (Å²) in [6.45, 7) is 7.53. The van der Waals surface area contributed by atoms with Gasteiger partial charge in [-0.3, -0.25) is 14.4 Å². The van der Waals surface area contributed by atoms with Crippen molar-refractivity contribution >= 4 is 23.8 Å². The van der Waals surface area contributed by atoms with Crippen molar-refractivity contribution in [2.75, 3.05) is 6.54 Å². The second-order valence-corrected chi connectivity index (χ2v) is 9.66. The van der Waals surface area contributed by atoms with Crippen molar-refractivity contribution in [3.8, 4) is 12.3 Å². The van der Waals surface area contributed by atoms with E-state index in [4.69, 9.17) is 16.9 Å². The summed E-state index contributed by atoms with van der Waals surface area (Å²) in [5, 5.41) is 5.38. The number of primary amides is 1. The van der Waals surface area contributed by atoms with Gasteiger partial charge in [-0.1, -0.05) is 31.4 Å². The van der Waals surface area contributed by atoms with Gasteiger partial charge in [0.25, 0.3) is 0 Å². The van der Waals surface area contributed by atoms with E-state index in [0.29, 0.717) is 30.5 Å². The highest BCUT2D eigenvalue weighted by molar-refractivity contribution is 5.95. The second kappa shape index (κ2) is 12.2. The molecule has 1 saturated carbocycles. The van der Waals surface area contributed by atoms with E-state index in [1.54, 1.807) is 45.0 Å². The number of alkyl carbamates (subject to hydrolysis) is 1. The largest absolute Gasteiger partial charge is 0.444 e. The van der Waals surface area contributed by atoms with Crippen LogP contribution in [0.3, 0.4) is 0 Å². The molecule has 35 heavy (non-hydrogen) atoms. The number of rotatable bonds is 11. The Morgan fingerprint density at radius 3 is 2.31 bits per heavy atom. The van der Waals surface area contributed by atoms with Crippen LogP contribution in [0.25, 0.3) is 0 Å². The molecule has 0 saturated heterocycles. The number of benzene rings is 1. The highest BCUT2D eigenvalue weighted by Gasteiger charge is 2.44. The molecular weight excluding hydrogens is 448 g/mol. The molecule has 0 aromatic heterocycles. The van der Waals surface area contributed by atoms with E-state index in [1.807, 2.05) is 6.92 Å². The van der Waals surface area contributed by atoms with Crippen LogP contribution >= 0.6 is 0 Å². The smallest absolute Gasteiger partial charge is 0.408 e. The molecule has 0 radical (unpaired) electrons. The van der Waals surface area contributed by atoms with Crippen LogP contribution in [0.1, 0.15) is 77.0 Å². The van der Waals surface area contributed by atoms with Crippen molar-refractivity contribution in [3.05, 3.63) is 35.4 Å². The van der Waals surface area contributed by atoms with E-state index in [9.17, 15) is 19.2 Å². The van der Waals surface area contributed by atoms with E-state index in [-0.39, 0.29) is 11.9 Å². The molecule has 1 fully saturated rings. The van der Waals surface area contributed by atoms with E-state index in [2.05, 4.69) is 16.6 Å². The van der Waals surface area contributed by atoms with Gasteiger partial charge in [0, 0.05) is 18.2 Å². The summed E-state index contributed by atoms with van der Waals surface area (Å²) in [5.41, 5.74) is 5.80. The lowest BCUT2D eigenvalue weighted by molar-refractivity contribution is -0.144. The predicted octanol–water partition coefficient (Wildman–Crippen LogP) is 2.39. The Kier molecular flexibility index (Phi) is 9.69. The van der Waals surface area contributed by atoms with Crippen LogP contribution in [0, 0.1) is 12.3 Å². The number of nitrogens with zero attached hydrogens (tertiary/aromatic N) is 1. The summed E-state index contributed by atoms with van der Waals surface area (Å²) in [6.07, 6.45) is 7.27. The molecule has 1 aromatic rings. The van der Waals surface area contributed by atoms with Gasteiger partial charge in [0.05, 0.1) is 6.42 Å². The standard InChI is InChI=1S/C26H36N4O5/c1-6-8-15-28-23(32)22(18-11-9-17(7-2)10-12-18)30(19-13-14-19)24(33)20(16-21(27)31)29-25(34)35-26(3,4)5/h2,9-12,19-20,22H,6,8,13-16H2,1,3-5H3,(H2,27,31)(H,28,32)(H,29,34). The van der Waals surface area contributed by atoms with Crippen LogP contribution in [-0.2, 0) is 19.1 Å². The highest BCUT2D eigenvalue weighted by Crippen LogP contribution is 2.36. The van der Waals surface area contributed by atoms with E-state index < -0.39 is 42.0 Å². The number of carbonyl (C=O) groups is 4. The second-order valence-electron chi connectivity index (χ2n) is 9.66. The zero-order chi connectivity index (χ0) is 26.2. The molecule has 1 aliphatic rings. The molecular formula is C26H36N4O5. The number of terminal acetylenes is 1. The van der Waals surface area contributed by atoms with Crippen molar-refractivity contribution in [1.82, 2.24) is 15.5 Å². The molecule has 2 unspecified atom stereocenters. The highest BCUT2D eigenvalue weighted by atomic mass is 16.6. The third kappa shape index (κ3) is 8.63. The maximum atomic E-state index is 13.8. The molecule has 1 aromatic carbocycles. The summed E-state index contributed by atoms with van der Waals surface area (Å²) in [5.74, 6) is 0.851. The van der Waals surface area contributed by atoms with Gasteiger partial charge in [-0.25, -0.2) is 4.79 Å². The number of hydrogen-bond donors (Lipinski definition) is 3. The summed E-state index contributed by atoms with van der Waals surface area (Å²) in [7, 11) is 0. The van der Waals surface area contributed by atoms with Gasteiger partial charge in [-0.15, -0.1) is 6.42 Å². The topological polar surface area (TPSA) is 131 Å². The third-order valence-corrected chi connectivity index (χ3v) is 5.34. The molecule has 1 aliphatic carbocycles. The number of amides is 4. The van der Waals surface area contributed by atoms with Gasteiger partial charge in [0.2, 0.25) is 17.7 Å². The summed E-state index contributed by atoms with van der Waals surface area (Å²) < 4.78 is 5.27. The van der Waals surface area contributed by atoms with Crippen LogP contribution in [-0.4, -0.2) is 52.9 Å². The average molecular weight is 485 g/mol. The molecule has 4 N–H and O–H groups in total. The van der Waals surface area contributed by atoms with Crippen LogP contribution < -0.4 is 16.4 Å². The number of unbranched alkanes of at least 4 members (excludes halogenated alkanes) is 1. The first-order valence-electron chi connectivity index (χ1n) is 11.9. The predicted molar refractivity (Wildman–Crippen MR) is 132 cm³/mol. The van der Waals surface area contributed by atoms with Crippen molar-refractivity contribution in [1.29, 1.82) is 0 Å². The summed E-state index contributed by atoms with van der Waals surface area (Å²) in [4.78, 5) is 52.8. The van der Waals surface area contributed by atoms with Crippen molar-refractivity contribution in [2.24, 2.45) is 5.73 Å². The van der Waals surface area contributed by atoms with Gasteiger partial charge < -0.3 is 26.0 Å². The molecule has 4 amide bonds. The normalized spacial score (nSPS) is 14.7. The van der Waals surface area contributed by atoms with Crippen LogP contribution in [0.2, 0.25) is 0 Å². The molecule has 190 valence electrons. The van der Waals surface area contributed by atoms with Gasteiger partial charge in [0.15, 0.2) is 0 Å². The van der Waals surface area contributed by atoms with Crippen molar-refractivity contribution in [3.63, 3.8) is 0 Å². The molecule has 0 spiro atoms. The summed E-state index contributed by atoms with van der Waals surface area (Å²) >= 11 is 0. The lowest BCUT2D eigenvalue weighted by Crippen LogP contribution is -2.54. The maximum absolute atomic E-state index is 13.8. The average Bonchev–Trinajstić information content (AvgIpc) is 3.60. The molecule has 0 bridgehead atoms. The quantitative estimate of drug-likeness (QED) is 0.328. The van der Waals surface area contributed by atoms with Crippen molar-refractivity contribution in [2.45, 2.75) is 83.5 Å². The third-order valence-electron chi connectivity index (χ3n) is 5.34. The molecule has 0 heterocycles. The minimum absolute atomic E-state index is 0.215. The van der Waals surface area contributed by atoms with Gasteiger partial charge in [-0.2, -0.15) is 0 Å². The number of ether oxygens (including phenoxy) is 1. The fraction of sp³-hybridized carbons (Fsp3) is 0.538. The fourth-order valence-corrected chi connectivity index (χ4v) is 3.59. The molecule has 0 aliphatic heterocycles. The monoisotopic (exact) mass is 484 g/mol. The fourth-order valence-electron chi connectivity index (χ4n) is 3.59. The summed E-state index contributed by atoms with van der Waals surface area (Å²) in [6, 6.07) is 4.38. The first kappa shape index (κ1) is 27.7. The number of nitrogens with two attached hydrogens (primary N) is 1. The Morgan fingerprint density at radius 1 is 1.20 bits per heavy atom. The maximum Gasteiger partial charge on any atom is 0.408 e. The molecule has 2 rings (SSSR count). The Hall–Kier alpha value is -3.54. The lowest BCUT2D eigenvalue weighted by atomic mass is 10.0. The van der Waals surface area contributed by atoms with E-state index in [1.165, 1.54) is 4.90 Å². The van der Waals surface area contributed by atoms with Crippen LogP contribution in [0.4, 0.5) is 4.79 Å². The van der Waals surface area contributed by atoms with Crippen molar-refractivity contribution < 1.29 is 23.9 Å². The first-order valence-corrected chi connectivity index (χ1v) is 11.9. The Morgan fingerprint density at radius 2 is 1.83 bits per heavy atom. The van der Waals surface area contributed by atoms with Gasteiger partial charge in [0.1, 0.15) is 17.7 Å². The van der Waals surface area contributed by atoms with Crippen LogP contribution in [0.15, 0.2) is 24.3 Å². The lowest BCUT2D eigenvalue weighted by Gasteiger charge is -2.34. The molecule has 9 heteroatoms. The number of hydrogen-bond acceptors (Lipinski definition) is 5. The van der Waals surface area contributed by atoms with Gasteiger partial charge >= 0.3 is 6.09 Å². The zero-order valence-electron chi connectivity index (χ0n) is 20.9. The minimum atomic E-state index is -1.28. The minimum Gasteiger partial charge on any atom is -0.444 e. The number of nitrogens with one attached hydrogen (secondary N) is 2. The first-order chi connectivity index (χ1) is 16.5. The van der Waals surface area contributed by atoms with E-state index >= 15 is 0 Å². The number of carbonyl (C=O) groups excluding carboxylic acids is 4. The molecule has 2 atom stereocenters. The Labute approximate surface area is 207 Å². The Balaban J connectivity index is 2.42. The molecule has 9 nitrogen and oxygen atoms in total. The Bertz CT molecular complexity index is 957. The SMILES string of the molecule is C#Cc1ccc(C(C(=O)NCCCC)N(C(=O)C(CC(N)=O)NC(=O)OC(C)(C)C)C2CC2)cc1. The van der Waals surface area contributed by atoms with E-state index in [0.717, 1.165) is 12.8 Å². The van der Waals surface area contributed by atoms with Gasteiger partial charge in [-0.05, 0) is 57.7 Å². The zero-order valence-corrected chi connectivity index (χ0v) is 20.9.